The average Bonchev–Trinajstić information content (AvgIpc) is 2.27. The van der Waals surface area contributed by atoms with E-state index in [1.54, 1.807) is 0 Å². The highest BCUT2D eigenvalue weighted by molar-refractivity contribution is 5.81. The lowest BCUT2D eigenvalue weighted by atomic mass is 10.0. The Morgan fingerprint density at radius 3 is 2.93 bits per heavy atom. The molecule has 0 saturated heterocycles. The summed E-state index contributed by atoms with van der Waals surface area (Å²) in [4.78, 5) is 11.6. The zero-order chi connectivity index (χ0) is 11.1. The number of hydrogen-bond acceptors (Lipinski definition) is 2. The van der Waals surface area contributed by atoms with Gasteiger partial charge in [-0.2, -0.15) is 0 Å². The van der Waals surface area contributed by atoms with E-state index in [1.807, 2.05) is 6.92 Å². The van der Waals surface area contributed by atoms with Gasteiger partial charge >= 0.3 is 0 Å². The third kappa shape index (κ3) is 4.47. The molecule has 1 aliphatic rings. The molecule has 3 nitrogen and oxygen atoms in total. The van der Waals surface area contributed by atoms with Gasteiger partial charge in [-0.3, -0.25) is 4.79 Å². The highest BCUT2D eigenvalue weighted by atomic mass is 16.2. The highest BCUT2D eigenvalue weighted by Crippen LogP contribution is 2.10. The molecule has 1 amide bonds. The van der Waals surface area contributed by atoms with Gasteiger partial charge in [-0.05, 0) is 32.6 Å². The Bertz CT molecular complexity index is 226. The van der Waals surface area contributed by atoms with E-state index in [9.17, 15) is 4.79 Å². The van der Waals surface area contributed by atoms with Crippen LogP contribution in [-0.4, -0.2) is 24.5 Å². The van der Waals surface area contributed by atoms with Crippen LogP contribution < -0.4 is 10.6 Å². The summed E-state index contributed by atoms with van der Waals surface area (Å²) in [7, 11) is 0. The fourth-order valence-electron chi connectivity index (χ4n) is 1.78. The first-order valence-corrected chi connectivity index (χ1v) is 5.92. The summed E-state index contributed by atoms with van der Waals surface area (Å²) in [5, 5.41) is 6.27. The van der Waals surface area contributed by atoms with E-state index in [1.165, 1.54) is 0 Å². The number of rotatable bonds is 5. The molecule has 0 spiro atoms. The van der Waals surface area contributed by atoms with Crippen molar-refractivity contribution in [3.05, 3.63) is 12.2 Å². The molecule has 0 aromatic heterocycles. The molecule has 2 N–H and O–H groups in total. The number of hydrogen-bond donors (Lipinski definition) is 2. The van der Waals surface area contributed by atoms with Gasteiger partial charge < -0.3 is 10.6 Å². The van der Waals surface area contributed by atoms with Crippen molar-refractivity contribution in [2.45, 2.75) is 51.6 Å². The Hall–Kier alpha value is -0.830. The van der Waals surface area contributed by atoms with Crippen LogP contribution in [0.2, 0.25) is 0 Å². The summed E-state index contributed by atoms with van der Waals surface area (Å²) in [6.07, 6.45) is 8.71. The summed E-state index contributed by atoms with van der Waals surface area (Å²) in [6, 6.07) is 0.394. The fourth-order valence-corrected chi connectivity index (χ4v) is 1.78. The van der Waals surface area contributed by atoms with Crippen LogP contribution in [0.25, 0.3) is 0 Å². The van der Waals surface area contributed by atoms with Gasteiger partial charge in [-0.1, -0.05) is 19.1 Å². The molecule has 0 saturated carbocycles. The summed E-state index contributed by atoms with van der Waals surface area (Å²) in [6.45, 7) is 4.77. The molecule has 0 aromatic carbocycles. The molecule has 1 aliphatic carbocycles. The molecule has 15 heavy (non-hydrogen) atoms. The topological polar surface area (TPSA) is 41.1 Å². The fraction of sp³-hybridized carbons (Fsp3) is 0.750. The molecular weight excluding hydrogens is 188 g/mol. The lowest BCUT2D eigenvalue weighted by Crippen LogP contribution is -2.46. The second-order valence-electron chi connectivity index (χ2n) is 4.16. The Morgan fingerprint density at radius 1 is 1.53 bits per heavy atom. The minimum absolute atomic E-state index is 0.0759. The molecule has 3 heteroatoms. The van der Waals surface area contributed by atoms with Crippen LogP contribution in [0, 0.1) is 0 Å². The number of carbonyl (C=O) groups excluding carboxylic acids is 1. The molecule has 1 rings (SSSR count). The largest absolute Gasteiger partial charge is 0.355 e. The lowest BCUT2D eigenvalue weighted by Gasteiger charge is -2.23. The van der Waals surface area contributed by atoms with E-state index in [0.29, 0.717) is 6.04 Å². The third-order valence-corrected chi connectivity index (χ3v) is 2.70. The SMILES string of the molecule is CCCNC(=O)C(C)NC1CC=CCC1. The first-order chi connectivity index (χ1) is 7.24. The molecule has 0 radical (unpaired) electrons. The Labute approximate surface area is 92.3 Å². The zero-order valence-corrected chi connectivity index (χ0v) is 9.75. The maximum atomic E-state index is 11.6. The van der Waals surface area contributed by atoms with Crippen molar-refractivity contribution in [3.8, 4) is 0 Å². The standard InChI is InChI=1S/C12H22N2O/c1-3-9-13-12(15)10(2)14-11-7-5-4-6-8-11/h4-5,10-11,14H,3,6-9H2,1-2H3,(H,13,15). The molecule has 0 aliphatic heterocycles. The van der Waals surface area contributed by atoms with Crippen LogP contribution in [0.1, 0.15) is 39.5 Å². The van der Waals surface area contributed by atoms with Crippen molar-refractivity contribution < 1.29 is 4.79 Å². The smallest absolute Gasteiger partial charge is 0.236 e. The van der Waals surface area contributed by atoms with E-state index in [2.05, 4.69) is 29.7 Å². The molecule has 0 bridgehead atoms. The van der Waals surface area contributed by atoms with E-state index < -0.39 is 0 Å². The van der Waals surface area contributed by atoms with Gasteiger partial charge in [0.2, 0.25) is 5.91 Å². The van der Waals surface area contributed by atoms with Crippen molar-refractivity contribution in [2.24, 2.45) is 0 Å². The van der Waals surface area contributed by atoms with Gasteiger partial charge in [-0.25, -0.2) is 0 Å². The Balaban J connectivity index is 2.24. The Kier molecular flexibility index (Phi) is 5.40. The van der Waals surface area contributed by atoms with Crippen molar-refractivity contribution in [1.29, 1.82) is 0 Å². The van der Waals surface area contributed by atoms with E-state index in [0.717, 1.165) is 32.2 Å². The summed E-state index contributed by atoms with van der Waals surface area (Å²) in [5.74, 6) is 0.117. The van der Waals surface area contributed by atoms with E-state index >= 15 is 0 Å². The monoisotopic (exact) mass is 210 g/mol. The van der Waals surface area contributed by atoms with Crippen molar-refractivity contribution in [2.75, 3.05) is 6.54 Å². The summed E-state index contributed by atoms with van der Waals surface area (Å²) >= 11 is 0. The molecule has 2 unspecified atom stereocenters. The van der Waals surface area contributed by atoms with Gasteiger partial charge in [0.05, 0.1) is 6.04 Å². The third-order valence-electron chi connectivity index (χ3n) is 2.70. The first kappa shape index (κ1) is 12.2. The number of amides is 1. The van der Waals surface area contributed by atoms with Crippen LogP contribution in [-0.2, 0) is 4.79 Å². The van der Waals surface area contributed by atoms with Crippen LogP contribution >= 0.6 is 0 Å². The van der Waals surface area contributed by atoms with E-state index in [4.69, 9.17) is 0 Å². The maximum absolute atomic E-state index is 11.6. The predicted octanol–water partition coefficient (Wildman–Crippen LogP) is 1.60. The number of nitrogens with one attached hydrogen (secondary N) is 2. The number of carbonyl (C=O) groups is 1. The van der Waals surface area contributed by atoms with Crippen molar-refractivity contribution in [1.82, 2.24) is 10.6 Å². The normalized spacial score (nSPS) is 22.4. The maximum Gasteiger partial charge on any atom is 0.236 e. The second kappa shape index (κ2) is 6.62. The molecule has 86 valence electrons. The van der Waals surface area contributed by atoms with Crippen LogP contribution in [0.5, 0.6) is 0 Å². The van der Waals surface area contributed by atoms with Gasteiger partial charge in [0, 0.05) is 12.6 Å². The molecule has 0 aromatic rings. The summed E-state index contributed by atoms with van der Waals surface area (Å²) in [5.41, 5.74) is 0. The lowest BCUT2D eigenvalue weighted by molar-refractivity contribution is -0.122. The van der Waals surface area contributed by atoms with Gasteiger partial charge in [-0.15, -0.1) is 0 Å². The van der Waals surface area contributed by atoms with Gasteiger partial charge in [0.15, 0.2) is 0 Å². The average molecular weight is 210 g/mol. The minimum atomic E-state index is -0.0759. The van der Waals surface area contributed by atoms with E-state index in [-0.39, 0.29) is 11.9 Å². The molecule has 0 heterocycles. The molecular formula is C12H22N2O. The number of allylic oxidation sites excluding steroid dienone is 1. The van der Waals surface area contributed by atoms with Crippen LogP contribution in [0.4, 0.5) is 0 Å². The molecule has 2 atom stereocenters. The minimum Gasteiger partial charge on any atom is -0.355 e. The highest BCUT2D eigenvalue weighted by Gasteiger charge is 2.17. The predicted molar refractivity (Wildman–Crippen MR) is 62.7 cm³/mol. The quantitative estimate of drug-likeness (QED) is 0.677. The zero-order valence-electron chi connectivity index (χ0n) is 9.75. The Morgan fingerprint density at radius 2 is 2.33 bits per heavy atom. The summed E-state index contributed by atoms with van der Waals surface area (Å²) < 4.78 is 0. The molecule has 0 fully saturated rings. The first-order valence-electron chi connectivity index (χ1n) is 5.92. The van der Waals surface area contributed by atoms with Crippen LogP contribution in [0.3, 0.4) is 0 Å². The van der Waals surface area contributed by atoms with Gasteiger partial charge in [0.1, 0.15) is 0 Å². The van der Waals surface area contributed by atoms with Gasteiger partial charge in [0.25, 0.3) is 0 Å². The van der Waals surface area contributed by atoms with Crippen molar-refractivity contribution >= 4 is 5.91 Å². The second-order valence-corrected chi connectivity index (χ2v) is 4.16. The van der Waals surface area contributed by atoms with Crippen molar-refractivity contribution in [3.63, 3.8) is 0 Å². The van der Waals surface area contributed by atoms with Crippen LogP contribution in [0.15, 0.2) is 12.2 Å².